The van der Waals surface area contributed by atoms with Crippen molar-refractivity contribution in [3.05, 3.63) is 0 Å². The summed E-state index contributed by atoms with van der Waals surface area (Å²) in [5.74, 6) is 3.18. The molecule has 6 fully saturated rings. The maximum absolute atomic E-state index is 2.40. The molecule has 0 aromatic carbocycles. The molecule has 0 heterocycles. The summed E-state index contributed by atoms with van der Waals surface area (Å²) in [5.41, 5.74) is 2.68. The third-order valence-electron chi connectivity index (χ3n) is 9.68. The SMILES string of the molecule is CC1CC2(CCC2)C1.CC1CC2(CCCC2)C1.CC1CC2(CCCCC2)C1. The molecule has 0 aromatic heterocycles. The molecule has 0 N–H and O–H groups in total. The van der Waals surface area contributed by atoms with Gasteiger partial charge in [0.05, 0.1) is 0 Å². The lowest BCUT2D eigenvalue weighted by atomic mass is 9.52. The lowest BCUT2D eigenvalue weighted by Gasteiger charge is -2.53. The first-order chi connectivity index (χ1) is 12.9. The highest BCUT2D eigenvalue weighted by molar-refractivity contribution is 4.97. The van der Waals surface area contributed by atoms with Gasteiger partial charge in [0, 0.05) is 0 Å². The van der Waals surface area contributed by atoms with Gasteiger partial charge in [0.1, 0.15) is 0 Å². The molecular formula is C27H48. The first-order valence-electron chi connectivity index (χ1n) is 12.9. The van der Waals surface area contributed by atoms with Gasteiger partial charge in [-0.05, 0) is 111 Å². The van der Waals surface area contributed by atoms with E-state index in [1.165, 1.54) is 38.5 Å². The zero-order chi connectivity index (χ0) is 19.0. The van der Waals surface area contributed by atoms with Gasteiger partial charge in [-0.1, -0.05) is 59.3 Å². The van der Waals surface area contributed by atoms with Gasteiger partial charge in [0.2, 0.25) is 0 Å². The molecule has 0 heteroatoms. The highest BCUT2D eigenvalue weighted by Crippen LogP contribution is 2.58. The van der Waals surface area contributed by atoms with Gasteiger partial charge >= 0.3 is 0 Å². The van der Waals surface area contributed by atoms with E-state index in [1.807, 2.05) is 0 Å². The van der Waals surface area contributed by atoms with E-state index in [2.05, 4.69) is 20.8 Å². The minimum atomic E-state index is 0.873. The molecule has 3 spiro atoms. The Hall–Kier alpha value is 0. The molecule has 6 rings (SSSR count). The average molecular weight is 373 g/mol. The summed E-state index contributed by atoms with van der Waals surface area (Å²) < 4.78 is 0. The summed E-state index contributed by atoms with van der Waals surface area (Å²) >= 11 is 0. The average Bonchev–Trinajstić information content (AvgIpc) is 3.00. The molecule has 156 valence electrons. The molecule has 0 unspecified atom stereocenters. The van der Waals surface area contributed by atoms with E-state index in [4.69, 9.17) is 0 Å². The molecule has 6 aliphatic carbocycles. The summed E-state index contributed by atoms with van der Waals surface area (Å²) in [6.07, 6.45) is 27.7. The van der Waals surface area contributed by atoms with Gasteiger partial charge in [-0.25, -0.2) is 0 Å². The van der Waals surface area contributed by atoms with Crippen molar-refractivity contribution < 1.29 is 0 Å². The molecule has 0 nitrogen and oxygen atoms in total. The van der Waals surface area contributed by atoms with Gasteiger partial charge in [-0.2, -0.15) is 0 Å². The normalized spacial score (nSPS) is 37.0. The number of hydrogen-bond acceptors (Lipinski definition) is 0. The summed E-state index contributed by atoms with van der Waals surface area (Å²) in [6, 6.07) is 0. The summed E-state index contributed by atoms with van der Waals surface area (Å²) in [6.45, 7) is 7.17. The molecule has 6 saturated carbocycles. The first kappa shape index (κ1) is 20.3. The topological polar surface area (TPSA) is 0 Å². The van der Waals surface area contributed by atoms with E-state index in [-0.39, 0.29) is 0 Å². The number of hydrogen-bond donors (Lipinski definition) is 0. The maximum Gasteiger partial charge on any atom is -0.0292 e. The molecule has 0 saturated heterocycles. The van der Waals surface area contributed by atoms with Crippen LogP contribution in [0.4, 0.5) is 0 Å². The Balaban J connectivity index is 0.000000101. The Kier molecular flexibility index (Phi) is 6.03. The zero-order valence-electron chi connectivity index (χ0n) is 19.0. The van der Waals surface area contributed by atoms with Crippen molar-refractivity contribution in [3.8, 4) is 0 Å². The lowest BCUT2D eigenvalue weighted by molar-refractivity contribution is -0.0161. The molecule has 0 atom stereocenters. The van der Waals surface area contributed by atoms with Gasteiger partial charge in [0.25, 0.3) is 0 Å². The molecule has 0 aliphatic heterocycles. The lowest BCUT2D eigenvalue weighted by Crippen LogP contribution is -2.41. The van der Waals surface area contributed by atoms with Crippen LogP contribution in [0, 0.1) is 34.0 Å². The largest absolute Gasteiger partial charge is 0.0625 e. The van der Waals surface area contributed by atoms with Crippen molar-refractivity contribution in [1.29, 1.82) is 0 Å². The van der Waals surface area contributed by atoms with E-state index in [1.54, 1.807) is 77.0 Å². The highest BCUT2D eigenvalue weighted by atomic mass is 14.5. The minimum Gasteiger partial charge on any atom is -0.0625 e. The van der Waals surface area contributed by atoms with Crippen LogP contribution in [-0.2, 0) is 0 Å². The smallest absolute Gasteiger partial charge is 0.0292 e. The molecule has 6 aliphatic rings. The van der Waals surface area contributed by atoms with Crippen molar-refractivity contribution in [2.24, 2.45) is 34.0 Å². The molecule has 27 heavy (non-hydrogen) atoms. The van der Waals surface area contributed by atoms with E-state index >= 15 is 0 Å². The van der Waals surface area contributed by atoms with Gasteiger partial charge in [0.15, 0.2) is 0 Å². The van der Waals surface area contributed by atoms with E-state index in [0.29, 0.717) is 0 Å². The molecule has 0 radical (unpaired) electrons. The highest BCUT2D eigenvalue weighted by Gasteiger charge is 2.46. The fourth-order valence-electron chi connectivity index (χ4n) is 8.58. The van der Waals surface area contributed by atoms with Crippen LogP contribution in [0.5, 0.6) is 0 Å². The molecule has 0 amide bonds. The van der Waals surface area contributed by atoms with E-state index < -0.39 is 0 Å². The second-order valence-electron chi connectivity index (χ2n) is 12.7. The second kappa shape index (κ2) is 8.02. The predicted octanol–water partition coefficient (Wildman–Crippen LogP) is 8.93. The van der Waals surface area contributed by atoms with Crippen molar-refractivity contribution in [1.82, 2.24) is 0 Å². The van der Waals surface area contributed by atoms with Crippen molar-refractivity contribution >= 4 is 0 Å². The van der Waals surface area contributed by atoms with Crippen LogP contribution in [0.2, 0.25) is 0 Å². The Morgan fingerprint density at radius 2 is 0.630 bits per heavy atom. The first-order valence-corrected chi connectivity index (χ1v) is 12.9. The fourth-order valence-corrected chi connectivity index (χ4v) is 8.58. The standard InChI is InChI=1S/C10H18.C9H16.C8H14/c1-9-7-10(8-9)5-3-2-4-6-10;1-8-6-9(7-8)4-2-3-5-9;1-7-5-8(6-7)3-2-4-8/h9H,2-8H2,1H3;8H,2-7H2,1H3;7H,2-6H2,1H3. The van der Waals surface area contributed by atoms with Crippen LogP contribution in [0.1, 0.15) is 136 Å². The van der Waals surface area contributed by atoms with Crippen molar-refractivity contribution in [3.63, 3.8) is 0 Å². The third-order valence-corrected chi connectivity index (χ3v) is 9.68. The summed E-state index contributed by atoms with van der Waals surface area (Å²) in [7, 11) is 0. The van der Waals surface area contributed by atoms with E-state index in [0.717, 1.165) is 34.0 Å². The molecular weight excluding hydrogens is 324 g/mol. The van der Waals surface area contributed by atoms with Gasteiger partial charge in [-0.3, -0.25) is 0 Å². The summed E-state index contributed by atoms with van der Waals surface area (Å²) in [5, 5.41) is 0. The van der Waals surface area contributed by atoms with Gasteiger partial charge < -0.3 is 0 Å². The minimum absolute atomic E-state index is 0.873. The Bertz CT molecular complexity index is 441. The molecule has 0 aromatic rings. The predicted molar refractivity (Wildman–Crippen MR) is 118 cm³/mol. The monoisotopic (exact) mass is 372 g/mol. The van der Waals surface area contributed by atoms with Crippen LogP contribution in [0.3, 0.4) is 0 Å². The van der Waals surface area contributed by atoms with Gasteiger partial charge in [-0.15, -0.1) is 0 Å². The quantitative estimate of drug-likeness (QED) is 0.398. The van der Waals surface area contributed by atoms with Crippen LogP contribution in [0.25, 0.3) is 0 Å². The Labute approximate surface area is 170 Å². The zero-order valence-corrected chi connectivity index (χ0v) is 19.0. The maximum atomic E-state index is 2.40. The Morgan fingerprint density at radius 1 is 0.370 bits per heavy atom. The van der Waals surface area contributed by atoms with Crippen LogP contribution in [-0.4, -0.2) is 0 Å². The van der Waals surface area contributed by atoms with Crippen LogP contribution >= 0.6 is 0 Å². The van der Waals surface area contributed by atoms with Crippen LogP contribution in [0.15, 0.2) is 0 Å². The summed E-state index contributed by atoms with van der Waals surface area (Å²) in [4.78, 5) is 0. The Morgan fingerprint density at radius 3 is 0.852 bits per heavy atom. The number of rotatable bonds is 0. The van der Waals surface area contributed by atoms with E-state index in [9.17, 15) is 0 Å². The second-order valence-corrected chi connectivity index (χ2v) is 12.7. The molecule has 0 bridgehead atoms. The van der Waals surface area contributed by atoms with Crippen molar-refractivity contribution in [2.45, 2.75) is 136 Å². The van der Waals surface area contributed by atoms with Crippen LogP contribution < -0.4 is 0 Å². The van der Waals surface area contributed by atoms with Crippen molar-refractivity contribution in [2.75, 3.05) is 0 Å². The third kappa shape index (κ3) is 4.61. The fraction of sp³-hybridized carbons (Fsp3) is 1.00.